The van der Waals surface area contributed by atoms with Gasteiger partial charge in [-0.1, -0.05) is 13.3 Å². The van der Waals surface area contributed by atoms with E-state index < -0.39 is 10.0 Å². The van der Waals surface area contributed by atoms with Crippen LogP contribution in [0.3, 0.4) is 0 Å². The summed E-state index contributed by atoms with van der Waals surface area (Å²) in [6, 6.07) is 0. The lowest BCUT2D eigenvalue weighted by molar-refractivity contribution is -0.131. The van der Waals surface area contributed by atoms with Gasteiger partial charge in [0.1, 0.15) is 0 Å². The molecule has 0 rings (SSSR count). The van der Waals surface area contributed by atoms with Crippen LogP contribution in [0.2, 0.25) is 0 Å². The van der Waals surface area contributed by atoms with E-state index in [0.29, 0.717) is 19.5 Å². The van der Waals surface area contributed by atoms with Crippen LogP contribution in [0.1, 0.15) is 26.2 Å². The third kappa shape index (κ3) is 6.93. The lowest BCUT2D eigenvalue weighted by atomic mass is 10.3. The molecule has 0 spiro atoms. The predicted octanol–water partition coefficient (Wildman–Crippen LogP) is -0.111. The SMILES string of the molecule is CCCCN(CCCO)C(=O)CN(C)S(C)(=O)=O. The molecule has 0 heterocycles. The van der Waals surface area contributed by atoms with Gasteiger partial charge in [0.2, 0.25) is 15.9 Å². The Hall–Kier alpha value is -0.660. The predicted molar refractivity (Wildman–Crippen MR) is 70.7 cm³/mol. The molecule has 0 aromatic rings. The molecule has 1 N–H and O–H groups in total. The zero-order valence-electron chi connectivity index (χ0n) is 11.4. The fourth-order valence-electron chi connectivity index (χ4n) is 1.38. The third-order valence-electron chi connectivity index (χ3n) is 2.64. The monoisotopic (exact) mass is 280 g/mol. The standard InChI is InChI=1S/C11H24N2O4S/c1-4-5-7-13(8-6-9-14)11(15)10-12(2)18(3,16)17/h14H,4-10H2,1-3H3. The van der Waals surface area contributed by atoms with Crippen LogP contribution < -0.4 is 0 Å². The molecule has 1 amide bonds. The Morgan fingerprint density at radius 3 is 2.22 bits per heavy atom. The lowest BCUT2D eigenvalue weighted by Gasteiger charge is -2.24. The summed E-state index contributed by atoms with van der Waals surface area (Å²) in [4.78, 5) is 13.6. The Labute approximate surface area is 110 Å². The third-order valence-corrected chi connectivity index (χ3v) is 3.91. The van der Waals surface area contributed by atoms with Crippen molar-refractivity contribution < 1.29 is 18.3 Å². The quantitative estimate of drug-likeness (QED) is 0.639. The molecule has 0 fully saturated rings. The summed E-state index contributed by atoms with van der Waals surface area (Å²) in [7, 11) is -1.95. The van der Waals surface area contributed by atoms with Crippen LogP contribution >= 0.6 is 0 Å². The maximum Gasteiger partial charge on any atom is 0.237 e. The van der Waals surface area contributed by atoms with E-state index in [4.69, 9.17) is 5.11 Å². The Kier molecular flexibility index (Phi) is 8.13. The van der Waals surface area contributed by atoms with E-state index in [1.807, 2.05) is 6.92 Å². The summed E-state index contributed by atoms with van der Waals surface area (Å²) in [5, 5.41) is 8.79. The van der Waals surface area contributed by atoms with Gasteiger partial charge in [0.05, 0.1) is 12.8 Å². The molecule has 0 saturated carbocycles. The number of amides is 1. The Bertz CT molecular complexity index is 335. The molecule has 0 aliphatic heterocycles. The topological polar surface area (TPSA) is 77.9 Å². The number of aliphatic hydroxyl groups is 1. The normalized spacial score (nSPS) is 11.8. The molecule has 7 heteroatoms. The van der Waals surface area contributed by atoms with E-state index >= 15 is 0 Å². The number of rotatable bonds is 9. The van der Waals surface area contributed by atoms with Gasteiger partial charge in [-0.3, -0.25) is 4.79 Å². The number of aliphatic hydroxyl groups excluding tert-OH is 1. The summed E-state index contributed by atoms with van der Waals surface area (Å²) in [6.45, 7) is 2.98. The van der Waals surface area contributed by atoms with E-state index in [0.717, 1.165) is 23.4 Å². The van der Waals surface area contributed by atoms with Crippen LogP contribution in [0.4, 0.5) is 0 Å². The van der Waals surface area contributed by atoms with Crippen molar-refractivity contribution in [2.45, 2.75) is 26.2 Å². The molecule has 0 saturated heterocycles. The maximum atomic E-state index is 12.0. The number of nitrogens with zero attached hydrogens (tertiary/aromatic N) is 2. The number of hydrogen-bond donors (Lipinski definition) is 1. The van der Waals surface area contributed by atoms with Crippen molar-refractivity contribution in [2.75, 3.05) is 39.5 Å². The fourth-order valence-corrected chi connectivity index (χ4v) is 1.72. The lowest BCUT2D eigenvalue weighted by Crippen LogP contribution is -2.41. The summed E-state index contributed by atoms with van der Waals surface area (Å²) >= 11 is 0. The average molecular weight is 280 g/mol. The number of hydrogen-bond acceptors (Lipinski definition) is 4. The minimum absolute atomic E-state index is 0.0256. The number of carbonyl (C=O) groups is 1. The first kappa shape index (κ1) is 17.3. The van der Waals surface area contributed by atoms with Crippen molar-refractivity contribution >= 4 is 15.9 Å². The molecular weight excluding hydrogens is 256 g/mol. The summed E-state index contributed by atoms with van der Waals surface area (Å²) < 4.78 is 23.5. The summed E-state index contributed by atoms with van der Waals surface area (Å²) in [6.07, 6.45) is 3.42. The number of carbonyl (C=O) groups excluding carboxylic acids is 1. The largest absolute Gasteiger partial charge is 0.396 e. The Morgan fingerprint density at radius 1 is 1.22 bits per heavy atom. The minimum Gasteiger partial charge on any atom is -0.396 e. The summed E-state index contributed by atoms with van der Waals surface area (Å²) in [5.41, 5.74) is 0. The van der Waals surface area contributed by atoms with Crippen LogP contribution in [-0.4, -0.2) is 68.2 Å². The minimum atomic E-state index is -3.34. The van der Waals surface area contributed by atoms with E-state index in [1.165, 1.54) is 7.05 Å². The highest BCUT2D eigenvalue weighted by Crippen LogP contribution is 2.01. The molecular formula is C11H24N2O4S. The van der Waals surface area contributed by atoms with Crippen molar-refractivity contribution in [1.82, 2.24) is 9.21 Å². The molecule has 108 valence electrons. The molecule has 0 bridgehead atoms. The van der Waals surface area contributed by atoms with Gasteiger partial charge >= 0.3 is 0 Å². The second-order valence-corrected chi connectivity index (χ2v) is 6.42. The van der Waals surface area contributed by atoms with E-state index in [9.17, 15) is 13.2 Å². The molecule has 6 nitrogen and oxygen atoms in total. The number of likely N-dealkylation sites (N-methyl/N-ethyl adjacent to an activating group) is 1. The Morgan fingerprint density at radius 2 is 1.78 bits per heavy atom. The summed E-state index contributed by atoms with van der Waals surface area (Å²) in [5.74, 6) is -0.218. The van der Waals surface area contributed by atoms with E-state index in [-0.39, 0.29) is 19.1 Å². The second kappa shape index (κ2) is 8.44. The van der Waals surface area contributed by atoms with Crippen molar-refractivity contribution in [3.8, 4) is 0 Å². The highest BCUT2D eigenvalue weighted by atomic mass is 32.2. The Balaban J connectivity index is 4.44. The van der Waals surface area contributed by atoms with Crippen LogP contribution in [0.5, 0.6) is 0 Å². The van der Waals surface area contributed by atoms with Crippen molar-refractivity contribution in [3.63, 3.8) is 0 Å². The molecule has 0 aliphatic carbocycles. The van der Waals surface area contributed by atoms with Crippen molar-refractivity contribution in [3.05, 3.63) is 0 Å². The van der Waals surface area contributed by atoms with Gasteiger partial charge in [0, 0.05) is 26.7 Å². The first-order valence-electron chi connectivity index (χ1n) is 6.12. The van der Waals surface area contributed by atoms with Crippen LogP contribution in [0, 0.1) is 0 Å². The van der Waals surface area contributed by atoms with Gasteiger partial charge < -0.3 is 10.0 Å². The first-order valence-corrected chi connectivity index (χ1v) is 7.97. The van der Waals surface area contributed by atoms with E-state index in [1.54, 1.807) is 4.90 Å². The van der Waals surface area contributed by atoms with Crippen LogP contribution in [0.25, 0.3) is 0 Å². The van der Waals surface area contributed by atoms with Gasteiger partial charge in [-0.15, -0.1) is 0 Å². The molecule has 0 aromatic heterocycles. The zero-order valence-corrected chi connectivity index (χ0v) is 12.2. The zero-order chi connectivity index (χ0) is 14.2. The van der Waals surface area contributed by atoms with Crippen molar-refractivity contribution in [2.24, 2.45) is 0 Å². The van der Waals surface area contributed by atoms with Crippen LogP contribution in [-0.2, 0) is 14.8 Å². The first-order chi connectivity index (χ1) is 8.32. The molecule has 18 heavy (non-hydrogen) atoms. The van der Waals surface area contributed by atoms with Gasteiger partial charge in [-0.2, -0.15) is 4.31 Å². The van der Waals surface area contributed by atoms with Gasteiger partial charge in [-0.05, 0) is 12.8 Å². The number of unbranched alkanes of at least 4 members (excludes halogenated alkanes) is 1. The van der Waals surface area contributed by atoms with Crippen molar-refractivity contribution in [1.29, 1.82) is 0 Å². The van der Waals surface area contributed by atoms with Gasteiger partial charge in [0.25, 0.3) is 0 Å². The number of sulfonamides is 1. The molecule has 0 aromatic carbocycles. The highest BCUT2D eigenvalue weighted by Gasteiger charge is 2.19. The maximum absolute atomic E-state index is 12.0. The highest BCUT2D eigenvalue weighted by molar-refractivity contribution is 7.88. The fraction of sp³-hybridized carbons (Fsp3) is 0.909. The molecule has 0 aliphatic rings. The van der Waals surface area contributed by atoms with Crippen LogP contribution in [0.15, 0.2) is 0 Å². The average Bonchev–Trinajstić information content (AvgIpc) is 2.27. The van der Waals surface area contributed by atoms with Gasteiger partial charge in [-0.25, -0.2) is 8.42 Å². The molecule has 0 unspecified atom stereocenters. The molecule has 0 atom stereocenters. The molecule has 0 radical (unpaired) electrons. The van der Waals surface area contributed by atoms with E-state index in [2.05, 4.69) is 0 Å². The smallest absolute Gasteiger partial charge is 0.237 e. The van der Waals surface area contributed by atoms with Gasteiger partial charge in [0.15, 0.2) is 0 Å². The second-order valence-electron chi connectivity index (χ2n) is 4.33.